The molecule has 0 amide bonds. The predicted molar refractivity (Wildman–Crippen MR) is 160 cm³/mol. The van der Waals surface area contributed by atoms with E-state index in [4.69, 9.17) is 4.74 Å². The summed E-state index contributed by atoms with van der Waals surface area (Å²) in [7, 11) is 2.10. The van der Waals surface area contributed by atoms with Crippen LogP contribution in [0.15, 0.2) is 0 Å². The third kappa shape index (κ3) is 26.5. The Balaban J connectivity index is 3.65. The number of nitrogens with one attached hydrogen (secondary N) is 1. The largest absolute Gasteiger partial charge is 0.466 e. The average Bonchev–Trinajstić information content (AvgIpc) is 2.90. The van der Waals surface area contributed by atoms with E-state index in [1.807, 2.05) is 0 Å². The lowest BCUT2D eigenvalue weighted by Gasteiger charge is -2.17. The molecule has 0 aliphatic heterocycles. The zero-order valence-corrected chi connectivity index (χ0v) is 25.3. The Hall–Kier alpha value is -0.900. The summed E-state index contributed by atoms with van der Waals surface area (Å²) >= 11 is 0. The van der Waals surface area contributed by atoms with Gasteiger partial charge >= 0.3 is 5.97 Å². The van der Waals surface area contributed by atoms with Crippen LogP contribution in [-0.4, -0.2) is 32.0 Å². The molecule has 4 heteroatoms. The molecular formula is C33H65NO3. The van der Waals surface area contributed by atoms with Crippen molar-refractivity contribution in [3.8, 4) is 0 Å². The molecule has 220 valence electrons. The quantitative estimate of drug-likeness (QED) is 0.0578. The molecule has 0 radical (unpaired) electrons. The van der Waals surface area contributed by atoms with Crippen molar-refractivity contribution in [1.82, 2.24) is 5.32 Å². The molecule has 37 heavy (non-hydrogen) atoms. The maximum absolute atomic E-state index is 12.1. The topological polar surface area (TPSA) is 55.4 Å². The van der Waals surface area contributed by atoms with Crippen molar-refractivity contribution in [2.75, 3.05) is 13.7 Å². The fraction of sp³-hybridized carbons (Fsp3) is 0.939. The van der Waals surface area contributed by atoms with Gasteiger partial charge in [0.25, 0.3) is 0 Å². The number of hydrogen-bond acceptors (Lipinski definition) is 4. The molecule has 0 bridgehead atoms. The smallest absolute Gasteiger partial charge is 0.305 e. The molecule has 4 nitrogen and oxygen atoms in total. The number of carbonyl (C=O) groups excluding carboxylic acids is 2. The Bertz CT molecular complexity index is 472. The summed E-state index contributed by atoms with van der Waals surface area (Å²) in [5.74, 6) is 0.747. The number of hydrogen-bond donors (Lipinski definition) is 1. The van der Waals surface area contributed by atoms with Gasteiger partial charge in [-0.05, 0) is 45.1 Å². The molecule has 0 aromatic carbocycles. The average molecular weight is 524 g/mol. The summed E-state index contributed by atoms with van der Waals surface area (Å²) in [5.41, 5.74) is 0. The highest BCUT2D eigenvalue weighted by Crippen LogP contribution is 2.21. The minimum absolute atomic E-state index is 0.0127. The summed E-state index contributed by atoms with van der Waals surface area (Å²) in [6, 6.07) is 0.655. The highest BCUT2D eigenvalue weighted by atomic mass is 16.5. The van der Waals surface area contributed by atoms with Gasteiger partial charge in [0, 0.05) is 18.9 Å². The van der Waals surface area contributed by atoms with Crippen LogP contribution in [0.25, 0.3) is 0 Å². The van der Waals surface area contributed by atoms with Crippen LogP contribution in [0, 0.1) is 5.92 Å². The van der Waals surface area contributed by atoms with Crippen LogP contribution >= 0.6 is 0 Å². The molecule has 0 spiro atoms. The fourth-order valence-corrected chi connectivity index (χ4v) is 5.34. The van der Waals surface area contributed by atoms with Gasteiger partial charge in [-0.1, -0.05) is 129 Å². The molecular weight excluding hydrogens is 458 g/mol. The van der Waals surface area contributed by atoms with Gasteiger partial charge in [-0.25, -0.2) is 0 Å². The van der Waals surface area contributed by atoms with Crippen LogP contribution < -0.4 is 5.32 Å². The van der Waals surface area contributed by atoms with Gasteiger partial charge in [-0.2, -0.15) is 0 Å². The minimum atomic E-state index is 0.0127. The fourth-order valence-electron chi connectivity index (χ4n) is 5.34. The number of carbonyl (C=O) groups is 2. The highest BCUT2D eigenvalue weighted by molar-refractivity contribution is 5.69. The molecule has 1 unspecified atom stereocenters. The second-order valence-electron chi connectivity index (χ2n) is 11.4. The molecule has 1 atom stereocenters. The predicted octanol–water partition coefficient (Wildman–Crippen LogP) is 9.73. The summed E-state index contributed by atoms with van der Waals surface area (Å²) in [6.45, 7) is 5.15. The van der Waals surface area contributed by atoms with Crippen molar-refractivity contribution >= 4 is 12.3 Å². The van der Waals surface area contributed by atoms with Crippen LogP contribution in [-0.2, 0) is 14.3 Å². The molecule has 0 aliphatic rings. The molecule has 0 aromatic rings. The third-order valence-corrected chi connectivity index (χ3v) is 7.94. The number of rotatable bonds is 30. The Labute approximate surface area is 231 Å². The van der Waals surface area contributed by atoms with Crippen molar-refractivity contribution in [3.05, 3.63) is 0 Å². The normalized spacial score (nSPS) is 12.2. The zero-order chi connectivity index (χ0) is 27.2. The first-order valence-electron chi connectivity index (χ1n) is 16.4. The van der Waals surface area contributed by atoms with Gasteiger partial charge in [0.2, 0.25) is 0 Å². The van der Waals surface area contributed by atoms with E-state index in [0.29, 0.717) is 19.1 Å². The Kier molecular flexibility index (Phi) is 28.9. The van der Waals surface area contributed by atoms with E-state index in [2.05, 4.69) is 26.2 Å². The van der Waals surface area contributed by atoms with E-state index >= 15 is 0 Å². The second kappa shape index (κ2) is 29.7. The number of ether oxygens (including phenoxy) is 1. The van der Waals surface area contributed by atoms with Crippen molar-refractivity contribution < 1.29 is 14.3 Å². The second-order valence-corrected chi connectivity index (χ2v) is 11.4. The molecule has 0 aliphatic carbocycles. The number of unbranched alkanes of at least 4 members (excludes halogenated alkanes) is 15. The van der Waals surface area contributed by atoms with Crippen molar-refractivity contribution in [3.63, 3.8) is 0 Å². The van der Waals surface area contributed by atoms with E-state index in [1.165, 1.54) is 122 Å². The first kappa shape index (κ1) is 36.1. The van der Waals surface area contributed by atoms with E-state index in [9.17, 15) is 9.59 Å². The summed E-state index contributed by atoms with van der Waals surface area (Å²) in [4.78, 5) is 22.5. The lowest BCUT2D eigenvalue weighted by atomic mass is 9.92. The summed E-state index contributed by atoms with van der Waals surface area (Å²) in [6.07, 6.45) is 31.1. The van der Waals surface area contributed by atoms with Crippen LogP contribution in [0.2, 0.25) is 0 Å². The highest BCUT2D eigenvalue weighted by Gasteiger charge is 2.11. The first-order valence-corrected chi connectivity index (χ1v) is 16.4. The van der Waals surface area contributed by atoms with Crippen LogP contribution in [0.5, 0.6) is 0 Å². The van der Waals surface area contributed by atoms with E-state index < -0.39 is 0 Å². The Morgan fingerprint density at radius 2 is 1.14 bits per heavy atom. The van der Waals surface area contributed by atoms with Crippen molar-refractivity contribution in [1.29, 1.82) is 0 Å². The standard InChI is InChI=1S/C33H65NO3/c1-4-6-17-23-31(24-18-7-5-2)28-30-37-33(36)27-21-15-11-10-14-20-26-32(34-3)25-19-13-9-8-12-16-22-29-35/h29,31-32,34H,4-28,30H2,1-3H3. The molecule has 0 aromatic heterocycles. The zero-order valence-electron chi connectivity index (χ0n) is 25.3. The van der Waals surface area contributed by atoms with Gasteiger partial charge in [-0.15, -0.1) is 0 Å². The summed E-state index contributed by atoms with van der Waals surface area (Å²) in [5, 5.41) is 3.50. The molecule has 0 rings (SSSR count). The van der Waals surface area contributed by atoms with E-state index in [1.54, 1.807) is 0 Å². The van der Waals surface area contributed by atoms with Crippen LogP contribution in [0.3, 0.4) is 0 Å². The van der Waals surface area contributed by atoms with Gasteiger partial charge in [0.15, 0.2) is 0 Å². The van der Waals surface area contributed by atoms with E-state index in [-0.39, 0.29) is 5.97 Å². The van der Waals surface area contributed by atoms with Crippen molar-refractivity contribution in [2.24, 2.45) is 5.92 Å². The van der Waals surface area contributed by atoms with E-state index in [0.717, 1.165) is 44.3 Å². The van der Waals surface area contributed by atoms with Gasteiger partial charge in [0.05, 0.1) is 6.61 Å². The SMILES string of the molecule is CCCCCC(CCCCC)CCOC(=O)CCCCCCCCC(CCCCCCCCC=O)NC. The van der Waals surface area contributed by atoms with Gasteiger partial charge < -0.3 is 14.8 Å². The lowest BCUT2D eigenvalue weighted by Crippen LogP contribution is -2.24. The maximum Gasteiger partial charge on any atom is 0.305 e. The van der Waals surface area contributed by atoms with Crippen LogP contribution in [0.1, 0.15) is 174 Å². The summed E-state index contributed by atoms with van der Waals surface area (Å²) < 4.78 is 5.58. The monoisotopic (exact) mass is 523 g/mol. The molecule has 0 heterocycles. The van der Waals surface area contributed by atoms with Crippen molar-refractivity contribution in [2.45, 2.75) is 180 Å². The Morgan fingerprint density at radius 3 is 1.65 bits per heavy atom. The van der Waals surface area contributed by atoms with Crippen LogP contribution in [0.4, 0.5) is 0 Å². The molecule has 1 N–H and O–H groups in total. The molecule has 0 fully saturated rings. The molecule has 0 saturated heterocycles. The minimum Gasteiger partial charge on any atom is -0.466 e. The maximum atomic E-state index is 12.1. The van der Waals surface area contributed by atoms with Gasteiger partial charge in [0.1, 0.15) is 6.29 Å². The number of aldehydes is 1. The first-order chi connectivity index (χ1) is 18.2. The number of esters is 1. The lowest BCUT2D eigenvalue weighted by molar-refractivity contribution is -0.144. The van der Waals surface area contributed by atoms with Gasteiger partial charge in [-0.3, -0.25) is 4.79 Å². The Morgan fingerprint density at radius 1 is 0.649 bits per heavy atom. The third-order valence-electron chi connectivity index (χ3n) is 7.94. The molecule has 0 saturated carbocycles.